The molecule has 0 amide bonds. The molecule has 0 unspecified atom stereocenters. The van der Waals surface area contributed by atoms with Gasteiger partial charge >= 0.3 is 5.97 Å². The number of esters is 1. The lowest BCUT2D eigenvalue weighted by atomic mass is 9.97. The summed E-state index contributed by atoms with van der Waals surface area (Å²) in [6.45, 7) is 3.32. The third-order valence-corrected chi connectivity index (χ3v) is 4.23. The summed E-state index contributed by atoms with van der Waals surface area (Å²) in [5.41, 5.74) is -0.115. The Bertz CT molecular complexity index is 643. The van der Waals surface area contributed by atoms with Crippen molar-refractivity contribution in [3.05, 3.63) is 29.8 Å². The average Bonchev–Trinajstić information content (AvgIpc) is 2.46. The predicted octanol–water partition coefficient (Wildman–Crippen LogP) is 1.23. The number of sulfonamides is 1. The van der Waals surface area contributed by atoms with E-state index >= 15 is 0 Å². The molecule has 114 valence electrons. The zero-order valence-electron chi connectivity index (χ0n) is 12.2. The second-order valence-corrected chi connectivity index (χ2v) is 6.98. The molecule has 0 bridgehead atoms. The fourth-order valence-electron chi connectivity index (χ4n) is 1.42. The van der Waals surface area contributed by atoms with E-state index in [-0.39, 0.29) is 23.8 Å². The van der Waals surface area contributed by atoms with Gasteiger partial charge in [-0.1, -0.05) is 12.1 Å². The molecule has 1 aromatic rings. The lowest BCUT2D eigenvalue weighted by Gasteiger charge is -2.16. The molecule has 7 heteroatoms. The summed E-state index contributed by atoms with van der Waals surface area (Å²) in [5, 5.41) is 8.88. The molecule has 6 nitrogen and oxygen atoms in total. The molecule has 1 rings (SSSR count). The van der Waals surface area contributed by atoms with E-state index in [9.17, 15) is 13.2 Å². The molecule has 0 aromatic heterocycles. The molecular formula is C14H18N2O4S. The highest BCUT2D eigenvalue weighted by Crippen LogP contribution is 2.15. The number of benzene rings is 1. The molecule has 0 spiro atoms. The summed E-state index contributed by atoms with van der Waals surface area (Å²) in [7, 11) is -2.38. The minimum atomic E-state index is -3.67. The first-order valence-corrected chi connectivity index (χ1v) is 7.75. The van der Waals surface area contributed by atoms with Crippen LogP contribution in [-0.2, 0) is 26.0 Å². The minimum Gasteiger partial charge on any atom is -0.469 e. The van der Waals surface area contributed by atoms with Crippen LogP contribution in [0.3, 0.4) is 0 Å². The van der Waals surface area contributed by atoms with Crippen LogP contribution in [0.4, 0.5) is 0 Å². The van der Waals surface area contributed by atoms with Crippen molar-refractivity contribution in [2.75, 3.05) is 13.7 Å². The van der Waals surface area contributed by atoms with E-state index < -0.39 is 15.4 Å². The highest BCUT2D eigenvalue weighted by atomic mass is 32.2. The highest BCUT2D eigenvalue weighted by Gasteiger charge is 2.21. The zero-order chi connectivity index (χ0) is 16.1. The maximum atomic E-state index is 12.1. The Labute approximate surface area is 124 Å². The van der Waals surface area contributed by atoms with Crippen molar-refractivity contribution in [1.29, 1.82) is 5.26 Å². The van der Waals surface area contributed by atoms with Crippen molar-refractivity contribution >= 4 is 16.0 Å². The summed E-state index contributed by atoms with van der Waals surface area (Å²) in [6.07, 6.45) is 0.0890. The summed E-state index contributed by atoms with van der Waals surface area (Å²) in [4.78, 5) is 11.2. The van der Waals surface area contributed by atoms with Gasteiger partial charge in [-0.2, -0.15) is 5.26 Å². The first-order chi connectivity index (χ1) is 9.70. The number of methoxy groups -OCH3 is 1. The van der Waals surface area contributed by atoms with E-state index in [0.29, 0.717) is 5.56 Å². The van der Waals surface area contributed by atoms with Gasteiger partial charge in [0, 0.05) is 6.54 Å². The fraction of sp³-hybridized carbons (Fsp3) is 0.429. The number of hydrogen-bond acceptors (Lipinski definition) is 5. The lowest BCUT2D eigenvalue weighted by molar-refractivity contribution is -0.139. The van der Waals surface area contributed by atoms with Gasteiger partial charge < -0.3 is 4.74 Å². The molecule has 21 heavy (non-hydrogen) atoms. The van der Waals surface area contributed by atoms with Gasteiger partial charge in [0.05, 0.1) is 29.9 Å². The van der Waals surface area contributed by atoms with E-state index in [1.54, 1.807) is 26.0 Å². The van der Waals surface area contributed by atoms with E-state index in [2.05, 4.69) is 9.46 Å². The second kappa shape index (κ2) is 6.70. The SMILES string of the molecule is COC(=O)Cc1ccc(S(=O)(=O)NCC(C)(C)C#N)cc1. The fourth-order valence-corrected chi connectivity index (χ4v) is 2.64. The monoisotopic (exact) mass is 310 g/mol. The maximum absolute atomic E-state index is 12.1. The smallest absolute Gasteiger partial charge is 0.309 e. The normalized spacial score (nSPS) is 11.7. The van der Waals surface area contributed by atoms with Crippen molar-refractivity contribution in [3.8, 4) is 6.07 Å². The molecule has 0 atom stereocenters. The molecule has 0 radical (unpaired) electrons. The van der Waals surface area contributed by atoms with E-state index in [1.165, 1.54) is 19.2 Å². The van der Waals surface area contributed by atoms with E-state index in [0.717, 1.165) is 0 Å². The van der Waals surface area contributed by atoms with Crippen LogP contribution >= 0.6 is 0 Å². The number of nitriles is 1. The molecular weight excluding hydrogens is 292 g/mol. The number of carbonyl (C=O) groups is 1. The van der Waals surface area contributed by atoms with Gasteiger partial charge in [0.1, 0.15) is 0 Å². The Hall–Kier alpha value is -1.91. The Kier molecular flexibility index (Phi) is 5.47. The van der Waals surface area contributed by atoms with Gasteiger partial charge in [0.2, 0.25) is 10.0 Å². The third kappa shape index (κ3) is 5.17. The first kappa shape index (κ1) is 17.1. The van der Waals surface area contributed by atoms with Crippen LogP contribution < -0.4 is 4.72 Å². The molecule has 1 N–H and O–H groups in total. The van der Waals surface area contributed by atoms with Crippen LogP contribution in [0.1, 0.15) is 19.4 Å². The molecule has 0 aliphatic rings. The van der Waals surface area contributed by atoms with Crippen LogP contribution in [0, 0.1) is 16.7 Å². The lowest BCUT2D eigenvalue weighted by Crippen LogP contribution is -2.33. The quantitative estimate of drug-likeness (QED) is 0.797. The molecule has 0 saturated carbocycles. The third-order valence-electron chi connectivity index (χ3n) is 2.82. The summed E-state index contributed by atoms with van der Waals surface area (Å²) in [5.74, 6) is -0.389. The number of nitrogens with zero attached hydrogens (tertiary/aromatic N) is 1. The molecule has 0 fully saturated rings. The molecule has 0 saturated heterocycles. The van der Waals surface area contributed by atoms with Crippen molar-refractivity contribution in [2.45, 2.75) is 25.2 Å². The van der Waals surface area contributed by atoms with Crippen molar-refractivity contribution in [3.63, 3.8) is 0 Å². The van der Waals surface area contributed by atoms with Gasteiger partial charge in [-0.05, 0) is 31.5 Å². The van der Waals surface area contributed by atoms with Crippen LogP contribution in [-0.4, -0.2) is 28.0 Å². The van der Waals surface area contributed by atoms with Crippen molar-refractivity contribution in [1.82, 2.24) is 4.72 Å². The van der Waals surface area contributed by atoms with Crippen molar-refractivity contribution < 1.29 is 17.9 Å². The van der Waals surface area contributed by atoms with E-state index in [1.807, 2.05) is 6.07 Å². The number of nitrogens with one attached hydrogen (secondary N) is 1. The van der Waals surface area contributed by atoms with Crippen LogP contribution in [0.2, 0.25) is 0 Å². The van der Waals surface area contributed by atoms with Gasteiger partial charge in [0.25, 0.3) is 0 Å². The summed E-state index contributed by atoms with van der Waals surface area (Å²) in [6, 6.07) is 7.97. The average molecular weight is 310 g/mol. The van der Waals surface area contributed by atoms with Crippen LogP contribution in [0.5, 0.6) is 0 Å². The molecule has 0 aliphatic heterocycles. The topological polar surface area (TPSA) is 96.3 Å². The van der Waals surface area contributed by atoms with Gasteiger partial charge in [0.15, 0.2) is 0 Å². The van der Waals surface area contributed by atoms with Crippen molar-refractivity contribution in [2.24, 2.45) is 5.41 Å². The molecule has 0 heterocycles. The largest absolute Gasteiger partial charge is 0.469 e. The molecule has 0 aliphatic carbocycles. The number of carbonyl (C=O) groups excluding carboxylic acids is 1. The first-order valence-electron chi connectivity index (χ1n) is 6.27. The number of hydrogen-bond donors (Lipinski definition) is 1. The van der Waals surface area contributed by atoms with Gasteiger partial charge in [-0.15, -0.1) is 0 Å². The summed E-state index contributed by atoms with van der Waals surface area (Å²) < 4.78 is 31.1. The molecule has 1 aromatic carbocycles. The number of rotatable bonds is 6. The Balaban J connectivity index is 2.81. The summed E-state index contributed by atoms with van der Waals surface area (Å²) >= 11 is 0. The second-order valence-electron chi connectivity index (χ2n) is 5.22. The highest BCUT2D eigenvalue weighted by molar-refractivity contribution is 7.89. The minimum absolute atomic E-state index is 0.0236. The Morgan fingerprint density at radius 2 is 1.90 bits per heavy atom. The Morgan fingerprint density at radius 3 is 2.38 bits per heavy atom. The van der Waals surface area contributed by atoms with Crippen LogP contribution in [0.15, 0.2) is 29.2 Å². The Morgan fingerprint density at radius 1 is 1.33 bits per heavy atom. The maximum Gasteiger partial charge on any atom is 0.309 e. The van der Waals surface area contributed by atoms with E-state index in [4.69, 9.17) is 5.26 Å². The number of ether oxygens (including phenoxy) is 1. The van der Waals surface area contributed by atoms with Gasteiger partial charge in [-0.3, -0.25) is 4.79 Å². The van der Waals surface area contributed by atoms with Gasteiger partial charge in [-0.25, -0.2) is 13.1 Å². The predicted molar refractivity (Wildman–Crippen MR) is 76.7 cm³/mol. The standard InChI is InChI=1S/C14H18N2O4S/c1-14(2,9-15)10-16-21(18,19)12-6-4-11(5-7-12)8-13(17)20-3/h4-7,16H,8,10H2,1-3H3. The zero-order valence-corrected chi connectivity index (χ0v) is 13.0. The van der Waals surface area contributed by atoms with Crippen LogP contribution in [0.25, 0.3) is 0 Å².